The number of hydrogen-bond donors (Lipinski definition) is 2. The van der Waals surface area contributed by atoms with Gasteiger partial charge in [0, 0.05) is 24.0 Å². The zero-order valence-corrected chi connectivity index (χ0v) is 11.1. The number of non-ortho nitro benzene ring substituents is 1. The van der Waals surface area contributed by atoms with E-state index in [1.165, 1.54) is 18.2 Å². The van der Waals surface area contributed by atoms with Gasteiger partial charge >= 0.3 is 6.03 Å². The number of rotatable bonds is 3. The summed E-state index contributed by atoms with van der Waals surface area (Å²) in [4.78, 5) is 33.0. The summed E-state index contributed by atoms with van der Waals surface area (Å²) in [5.74, 6) is -0.517. The molecule has 110 valence electrons. The van der Waals surface area contributed by atoms with Crippen LogP contribution in [0.1, 0.15) is 5.69 Å². The molecule has 8 heteroatoms. The molecular formula is C14H10N4O4. The highest BCUT2D eigenvalue weighted by atomic mass is 16.6. The van der Waals surface area contributed by atoms with Crippen LogP contribution < -0.4 is 10.6 Å². The van der Waals surface area contributed by atoms with Gasteiger partial charge in [-0.2, -0.15) is 0 Å². The van der Waals surface area contributed by atoms with E-state index in [1.54, 1.807) is 35.0 Å². The molecule has 1 aromatic heterocycles. The Hall–Kier alpha value is -3.42. The number of hydrogen-bond acceptors (Lipinski definition) is 4. The Labute approximate surface area is 124 Å². The summed E-state index contributed by atoms with van der Waals surface area (Å²) in [6, 6.07) is 9.00. The highest BCUT2D eigenvalue weighted by Gasteiger charge is 2.23. The minimum atomic E-state index is -0.579. The molecule has 1 fully saturated rings. The highest BCUT2D eigenvalue weighted by Crippen LogP contribution is 2.20. The molecule has 0 saturated carbocycles. The summed E-state index contributed by atoms with van der Waals surface area (Å²) in [5.41, 5.74) is 1.27. The van der Waals surface area contributed by atoms with Gasteiger partial charge in [-0.05, 0) is 24.3 Å². The Kier molecular flexibility index (Phi) is 3.18. The number of nitrogens with one attached hydrogen (secondary N) is 2. The van der Waals surface area contributed by atoms with Crippen molar-refractivity contribution in [1.82, 2.24) is 15.2 Å². The first-order valence-electron chi connectivity index (χ1n) is 6.31. The van der Waals surface area contributed by atoms with E-state index in [-0.39, 0.29) is 11.4 Å². The third-order valence-corrected chi connectivity index (χ3v) is 3.11. The maximum atomic E-state index is 11.5. The number of nitro benzene ring substituents is 1. The van der Waals surface area contributed by atoms with Crippen molar-refractivity contribution in [3.05, 3.63) is 64.1 Å². The Morgan fingerprint density at radius 2 is 1.95 bits per heavy atom. The molecule has 0 unspecified atom stereocenters. The third-order valence-electron chi connectivity index (χ3n) is 3.11. The number of nitrogens with zero attached hydrogens (tertiary/aromatic N) is 2. The van der Waals surface area contributed by atoms with Crippen LogP contribution in [-0.2, 0) is 4.79 Å². The summed E-state index contributed by atoms with van der Waals surface area (Å²) < 4.78 is 1.68. The van der Waals surface area contributed by atoms with E-state index in [4.69, 9.17) is 0 Å². The predicted octanol–water partition coefficient (Wildman–Crippen LogP) is 1.57. The molecule has 1 saturated heterocycles. The van der Waals surface area contributed by atoms with Crippen molar-refractivity contribution in [3.8, 4) is 5.69 Å². The molecule has 2 N–H and O–H groups in total. The number of aromatic nitrogens is 1. The molecule has 1 aliphatic rings. The fraction of sp³-hybridized carbons (Fsp3) is 0. The van der Waals surface area contributed by atoms with Gasteiger partial charge in [0.15, 0.2) is 0 Å². The second-order valence-corrected chi connectivity index (χ2v) is 4.55. The van der Waals surface area contributed by atoms with Crippen LogP contribution in [0.25, 0.3) is 11.8 Å². The van der Waals surface area contributed by atoms with Crippen LogP contribution in [0.4, 0.5) is 10.5 Å². The SMILES string of the molecule is O=C1NC(=O)C(=Cc2cccn2-c2cccc([N+](=O)[O-])c2)N1. The van der Waals surface area contributed by atoms with Gasteiger partial charge in [-0.25, -0.2) is 4.79 Å². The minimum absolute atomic E-state index is 0.0308. The molecule has 3 amide bonds. The Morgan fingerprint density at radius 3 is 2.64 bits per heavy atom. The smallest absolute Gasteiger partial charge is 0.317 e. The van der Waals surface area contributed by atoms with E-state index in [2.05, 4.69) is 10.6 Å². The molecule has 0 bridgehead atoms. The zero-order chi connectivity index (χ0) is 15.7. The normalized spacial score (nSPS) is 15.7. The lowest BCUT2D eigenvalue weighted by Crippen LogP contribution is -2.22. The number of nitro groups is 1. The van der Waals surface area contributed by atoms with Crippen molar-refractivity contribution < 1.29 is 14.5 Å². The average molecular weight is 298 g/mol. The van der Waals surface area contributed by atoms with E-state index in [0.717, 1.165) is 0 Å². The van der Waals surface area contributed by atoms with Crippen molar-refractivity contribution in [1.29, 1.82) is 0 Å². The molecule has 2 aromatic rings. The van der Waals surface area contributed by atoms with Crippen LogP contribution in [0.15, 0.2) is 48.3 Å². The van der Waals surface area contributed by atoms with Crippen LogP contribution >= 0.6 is 0 Å². The van der Waals surface area contributed by atoms with Gasteiger partial charge in [-0.3, -0.25) is 20.2 Å². The van der Waals surface area contributed by atoms with E-state index in [9.17, 15) is 19.7 Å². The predicted molar refractivity (Wildman–Crippen MR) is 77.1 cm³/mol. The number of amides is 3. The van der Waals surface area contributed by atoms with E-state index >= 15 is 0 Å². The van der Waals surface area contributed by atoms with Crippen LogP contribution in [0.3, 0.4) is 0 Å². The average Bonchev–Trinajstić information content (AvgIpc) is 3.06. The monoisotopic (exact) mass is 298 g/mol. The summed E-state index contributed by atoms with van der Waals surface area (Å²) >= 11 is 0. The molecule has 3 rings (SSSR count). The first-order chi connectivity index (χ1) is 10.5. The van der Waals surface area contributed by atoms with Crippen molar-refractivity contribution in [2.24, 2.45) is 0 Å². The highest BCUT2D eigenvalue weighted by molar-refractivity contribution is 6.13. The lowest BCUT2D eigenvalue weighted by atomic mass is 10.2. The largest absolute Gasteiger partial charge is 0.326 e. The number of carbonyl (C=O) groups is 2. The first kappa shape index (κ1) is 13.6. The number of urea groups is 1. The lowest BCUT2D eigenvalue weighted by Gasteiger charge is -2.06. The minimum Gasteiger partial charge on any atom is -0.317 e. The summed E-state index contributed by atoms with van der Waals surface area (Å²) in [6.07, 6.45) is 3.21. The molecule has 22 heavy (non-hydrogen) atoms. The van der Waals surface area contributed by atoms with Crippen LogP contribution in [0.5, 0.6) is 0 Å². The van der Waals surface area contributed by atoms with Gasteiger partial charge in [0.05, 0.1) is 10.6 Å². The lowest BCUT2D eigenvalue weighted by molar-refractivity contribution is -0.384. The van der Waals surface area contributed by atoms with E-state index < -0.39 is 16.9 Å². The van der Waals surface area contributed by atoms with E-state index in [0.29, 0.717) is 11.4 Å². The van der Waals surface area contributed by atoms with Crippen LogP contribution in [0, 0.1) is 10.1 Å². The van der Waals surface area contributed by atoms with Crippen molar-refractivity contribution in [2.45, 2.75) is 0 Å². The van der Waals surface area contributed by atoms with Crippen LogP contribution in [-0.4, -0.2) is 21.4 Å². The quantitative estimate of drug-likeness (QED) is 0.388. The molecule has 0 atom stereocenters. The van der Waals surface area contributed by atoms with Crippen molar-refractivity contribution in [2.75, 3.05) is 0 Å². The standard InChI is InChI=1S/C14H10N4O4/c19-13-12(15-14(20)16-13)8-10-5-2-6-17(10)9-3-1-4-11(7-9)18(21)22/h1-8H,(H2,15,16,19,20). The molecule has 1 aliphatic heterocycles. The number of carbonyl (C=O) groups excluding carboxylic acids is 2. The van der Waals surface area contributed by atoms with Crippen molar-refractivity contribution >= 4 is 23.7 Å². The van der Waals surface area contributed by atoms with Gasteiger partial charge in [-0.15, -0.1) is 0 Å². The molecule has 0 aliphatic carbocycles. The molecule has 2 heterocycles. The topological polar surface area (TPSA) is 106 Å². The second kappa shape index (κ2) is 5.17. The van der Waals surface area contributed by atoms with Crippen LogP contribution in [0.2, 0.25) is 0 Å². The van der Waals surface area contributed by atoms with Gasteiger partial charge in [-0.1, -0.05) is 6.07 Å². The van der Waals surface area contributed by atoms with Crippen molar-refractivity contribution in [3.63, 3.8) is 0 Å². The molecule has 0 spiro atoms. The molecule has 1 aromatic carbocycles. The molecule has 8 nitrogen and oxygen atoms in total. The maximum absolute atomic E-state index is 11.5. The zero-order valence-electron chi connectivity index (χ0n) is 11.1. The summed E-state index contributed by atoms with van der Waals surface area (Å²) in [5, 5.41) is 15.3. The maximum Gasteiger partial charge on any atom is 0.326 e. The van der Waals surface area contributed by atoms with Gasteiger partial charge in [0.2, 0.25) is 0 Å². The first-order valence-corrected chi connectivity index (χ1v) is 6.31. The van der Waals surface area contributed by atoms with Gasteiger partial charge in [0.1, 0.15) is 5.70 Å². The van der Waals surface area contributed by atoms with E-state index in [1.807, 2.05) is 0 Å². The number of benzene rings is 1. The molecule has 0 radical (unpaired) electrons. The fourth-order valence-corrected chi connectivity index (χ4v) is 2.13. The second-order valence-electron chi connectivity index (χ2n) is 4.55. The third kappa shape index (κ3) is 2.44. The fourth-order valence-electron chi connectivity index (χ4n) is 2.13. The number of imide groups is 1. The van der Waals surface area contributed by atoms with Gasteiger partial charge in [0.25, 0.3) is 11.6 Å². The Balaban J connectivity index is 2.01. The molecular weight excluding hydrogens is 288 g/mol. The van der Waals surface area contributed by atoms with Gasteiger partial charge < -0.3 is 9.88 Å². The summed E-state index contributed by atoms with van der Waals surface area (Å²) in [7, 11) is 0. The Morgan fingerprint density at radius 1 is 1.14 bits per heavy atom. The Bertz CT molecular complexity index is 822. The summed E-state index contributed by atoms with van der Waals surface area (Å²) in [6.45, 7) is 0.